The Morgan fingerprint density at radius 1 is 1.29 bits per heavy atom. The van der Waals surface area contributed by atoms with Gasteiger partial charge in [-0.05, 0) is 12.1 Å². The molecule has 0 unspecified atom stereocenters. The largest absolute Gasteiger partial charge is 0.481 e. The van der Waals surface area contributed by atoms with Crippen LogP contribution in [0.25, 0.3) is 22.6 Å². The Morgan fingerprint density at radius 3 is 2.81 bits per heavy atom. The second kappa shape index (κ2) is 4.75. The van der Waals surface area contributed by atoms with Gasteiger partial charge in [0, 0.05) is 29.4 Å². The maximum Gasteiger partial charge on any atom is 0.270 e. The predicted octanol–water partition coefficient (Wildman–Crippen LogP) is 2.12. The number of pyridine rings is 1. The van der Waals surface area contributed by atoms with E-state index in [1.807, 2.05) is 0 Å². The molecule has 106 valence electrons. The van der Waals surface area contributed by atoms with Gasteiger partial charge in [-0.2, -0.15) is 4.98 Å². The summed E-state index contributed by atoms with van der Waals surface area (Å²) in [5, 5.41) is 10.9. The highest BCUT2D eigenvalue weighted by atomic mass is 16.6. The van der Waals surface area contributed by atoms with Crippen molar-refractivity contribution >= 4 is 22.5 Å². The first-order chi connectivity index (χ1) is 10.1. The zero-order valence-corrected chi connectivity index (χ0v) is 11.0. The van der Waals surface area contributed by atoms with Gasteiger partial charge < -0.3 is 15.5 Å². The minimum Gasteiger partial charge on any atom is -0.481 e. The number of nitro benzene ring substituents is 1. The maximum absolute atomic E-state index is 10.9. The lowest BCUT2D eigenvalue weighted by Gasteiger charge is -2.01. The van der Waals surface area contributed by atoms with Gasteiger partial charge in [0.2, 0.25) is 5.88 Å². The number of fused-ring (bicyclic) bond motifs is 1. The van der Waals surface area contributed by atoms with Gasteiger partial charge in [0.1, 0.15) is 5.82 Å². The molecule has 0 spiro atoms. The Labute approximate surface area is 118 Å². The molecule has 21 heavy (non-hydrogen) atoms. The summed E-state index contributed by atoms with van der Waals surface area (Å²) in [6.45, 7) is 0. The molecule has 0 aliphatic rings. The summed E-state index contributed by atoms with van der Waals surface area (Å²) in [4.78, 5) is 21.9. The fourth-order valence-corrected chi connectivity index (χ4v) is 1.98. The van der Waals surface area contributed by atoms with E-state index in [-0.39, 0.29) is 5.69 Å². The number of benzene rings is 1. The highest BCUT2D eigenvalue weighted by molar-refractivity contribution is 5.81. The average molecular weight is 285 g/mol. The molecule has 1 aromatic carbocycles. The molecular formula is C13H11N5O3. The maximum atomic E-state index is 10.9. The van der Waals surface area contributed by atoms with Gasteiger partial charge in [-0.1, -0.05) is 0 Å². The van der Waals surface area contributed by atoms with Crippen LogP contribution < -0.4 is 10.5 Å². The van der Waals surface area contributed by atoms with Crippen LogP contribution >= 0.6 is 0 Å². The second-order valence-corrected chi connectivity index (χ2v) is 4.34. The van der Waals surface area contributed by atoms with E-state index in [4.69, 9.17) is 10.5 Å². The molecule has 3 rings (SSSR count). The van der Waals surface area contributed by atoms with Crippen molar-refractivity contribution in [2.45, 2.75) is 0 Å². The molecule has 8 nitrogen and oxygen atoms in total. The van der Waals surface area contributed by atoms with Crippen molar-refractivity contribution in [3.8, 4) is 17.3 Å². The van der Waals surface area contributed by atoms with Gasteiger partial charge >= 0.3 is 0 Å². The number of nitrogen functional groups attached to an aromatic ring is 1. The molecule has 3 N–H and O–H groups in total. The van der Waals surface area contributed by atoms with Crippen molar-refractivity contribution in [1.29, 1.82) is 0 Å². The lowest BCUT2D eigenvalue weighted by atomic mass is 10.1. The van der Waals surface area contributed by atoms with Crippen LogP contribution in [0, 0.1) is 10.1 Å². The Balaban J connectivity index is 2.15. The Morgan fingerprint density at radius 2 is 2.10 bits per heavy atom. The van der Waals surface area contributed by atoms with Crippen molar-refractivity contribution in [3.63, 3.8) is 0 Å². The molecule has 0 aliphatic carbocycles. The first-order valence-electron chi connectivity index (χ1n) is 6.03. The third kappa shape index (κ3) is 2.22. The molecule has 2 aromatic heterocycles. The van der Waals surface area contributed by atoms with E-state index in [1.54, 1.807) is 12.1 Å². The molecule has 2 heterocycles. The van der Waals surface area contributed by atoms with Gasteiger partial charge in [-0.15, -0.1) is 0 Å². The molecule has 0 atom stereocenters. The SMILES string of the molecule is COc1ccc2[nH]c(-c3cc([N+](=O)[O-])ccc3N)nc2n1. The first kappa shape index (κ1) is 12.9. The topological polar surface area (TPSA) is 120 Å². The smallest absolute Gasteiger partial charge is 0.270 e. The summed E-state index contributed by atoms with van der Waals surface area (Å²) in [6, 6.07) is 7.67. The number of imidazole rings is 1. The number of nitrogens with two attached hydrogens (primary N) is 1. The number of hydrogen-bond acceptors (Lipinski definition) is 6. The number of anilines is 1. The quantitative estimate of drug-likeness (QED) is 0.432. The summed E-state index contributed by atoms with van der Waals surface area (Å²) in [7, 11) is 1.51. The molecule has 0 saturated heterocycles. The predicted molar refractivity (Wildman–Crippen MR) is 76.9 cm³/mol. The summed E-state index contributed by atoms with van der Waals surface area (Å²) < 4.78 is 5.03. The fraction of sp³-hybridized carbons (Fsp3) is 0.0769. The van der Waals surface area contributed by atoms with E-state index >= 15 is 0 Å². The van der Waals surface area contributed by atoms with Crippen molar-refractivity contribution in [3.05, 3.63) is 40.4 Å². The molecule has 0 bridgehead atoms. The van der Waals surface area contributed by atoms with Gasteiger partial charge in [0.05, 0.1) is 17.5 Å². The molecule has 0 saturated carbocycles. The number of H-pyrrole nitrogens is 1. The third-order valence-corrected chi connectivity index (χ3v) is 3.03. The minimum absolute atomic E-state index is 0.0507. The van der Waals surface area contributed by atoms with E-state index in [2.05, 4.69) is 15.0 Å². The summed E-state index contributed by atoms with van der Waals surface area (Å²) in [5.74, 6) is 0.861. The van der Waals surface area contributed by atoms with E-state index in [0.29, 0.717) is 34.1 Å². The number of rotatable bonds is 3. The number of ether oxygens (including phenoxy) is 1. The number of hydrogen-bond donors (Lipinski definition) is 2. The zero-order chi connectivity index (χ0) is 15.0. The number of nitrogens with one attached hydrogen (secondary N) is 1. The lowest BCUT2D eigenvalue weighted by Crippen LogP contribution is -1.94. The minimum atomic E-state index is -0.479. The number of methoxy groups -OCH3 is 1. The van der Waals surface area contributed by atoms with Crippen LogP contribution in [-0.4, -0.2) is 27.0 Å². The third-order valence-electron chi connectivity index (χ3n) is 3.03. The van der Waals surface area contributed by atoms with Gasteiger partial charge in [-0.25, -0.2) is 4.98 Å². The molecule has 0 amide bonds. The van der Waals surface area contributed by atoms with Gasteiger partial charge in [0.15, 0.2) is 5.65 Å². The van der Waals surface area contributed by atoms with Crippen LogP contribution in [0.4, 0.5) is 11.4 Å². The van der Waals surface area contributed by atoms with Gasteiger partial charge in [0.25, 0.3) is 5.69 Å². The van der Waals surface area contributed by atoms with Crippen molar-refractivity contribution in [2.75, 3.05) is 12.8 Å². The zero-order valence-electron chi connectivity index (χ0n) is 11.0. The molecular weight excluding hydrogens is 274 g/mol. The molecule has 0 aliphatic heterocycles. The fourth-order valence-electron chi connectivity index (χ4n) is 1.98. The molecule has 0 radical (unpaired) electrons. The van der Waals surface area contributed by atoms with Crippen molar-refractivity contribution < 1.29 is 9.66 Å². The summed E-state index contributed by atoms with van der Waals surface area (Å²) in [6.07, 6.45) is 0. The van der Waals surface area contributed by atoms with Crippen molar-refractivity contribution in [2.24, 2.45) is 0 Å². The number of aromatic amines is 1. The Bertz CT molecular complexity index is 843. The summed E-state index contributed by atoms with van der Waals surface area (Å²) >= 11 is 0. The Hall–Kier alpha value is -3.16. The Kier molecular flexibility index (Phi) is 2.90. The van der Waals surface area contributed by atoms with E-state index in [0.717, 1.165) is 0 Å². The van der Waals surface area contributed by atoms with Gasteiger partial charge in [-0.3, -0.25) is 10.1 Å². The van der Waals surface area contributed by atoms with Crippen LogP contribution in [0.5, 0.6) is 5.88 Å². The monoisotopic (exact) mass is 285 g/mol. The van der Waals surface area contributed by atoms with E-state index in [9.17, 15) is 10.1 Å². The van der Waals surface area contributed by atoms with Crippen LogP contribution in [0.15, 0.2) is 30.3 Å². The van der Waals surface area contributed by atoms with Crippen LogP contribution in [0.2, 0.25) is 0 Å². The molecule has 0 fully saturated rings. The summed E-state index contributed by atoms with van der Waals surface area (Å²) in [5.41, 5.74) is 7.82. The highest BCUT2D eigenvalue weighted by Gasteiger charge is 2.14. The number of nitro groups is 1. The number of non-ortho nitro benzene ring substituents is 1. The van der Waals surface area contributed by atoms with Crippen LogP contribution in [-0.2, 0) is 0 Å². The second-order valence-electron chi connectivity index (χ2n) is 4.34. The number of aromatic nitrogens is 3. The molecule has 8 heteroatoms. The first-order valence-corrected chi connectivity index (χ1v) is 6.03. The van der Waals surface area contributed by atoms with E-state index < -0.39 is 4.92 Å². The van der Waals surface area contributed by atoms with Crippen molar-refractivity contribution in [1.82, 2.24) is 15.0 Å². The van der Waals surface area contributed by atoms with E-state index in [1.165, 1.54) is 25.3 Å². The average Bonchev–Trinajstić information content (AvgIpc) is 2.89. The highest BCUT2D eigenvalue weighted by Crippen LogP contribution is 2.29. The molecule has 3 aromatic rings. The standard InChI is InChI=1S/C13H11N5O3/c1-21-11-5-4-10-13(16-11)17-12(15-10)8-6-7(18(19)20)2-3-9(8)14/h2-6H,14H2,1H3,(H,15,16,17). The van der Waals surface area contributed by atoms with Crippen LogP contribution in [0.3, 0.4) is 0 Å². The normalized spacial score (nSPS) is 10.7. The van der Waals surface area contributed by atoms with Crippen LogP contribution in [0.1, 0.15) is 0 Å². The number of nitrogens with zero attached hydrogens (tertiary/aromatic N) is 3. The lowest BCUT2D eigenvalue weighted by molar-refractivity contribution is -0.384.